The van der Waals surface area contributed by atoms with E-state index < -0.39 is 6.17 Å². The van der Waals surface area contributed by atoms with Crippen LogP contribution in [0, 0.1) is 0 Å². The fraction of sp³-hybridized carbons (Fsp3) is 0.240. The van der Waals surface area contributed by atoms with E-state index in [-0.39, 0.29) is 24.1 Å². The number of rotatable bonds is 8. The highest BCUT2D eigenvalue weighted by Gasteiger charge is 2.47. The van der Waals surface area contributed by atoms with Crippen molar-refractivity contribution in [3.05, 3.63) is 83.7 Å². The summed E-state index contributed by atoms with van der Waals surface area (Å²) in [5.41, 5.74) is 2.55. The summed E-state index contributed by atoms with van der Waals surface area (Å²) in [5.74, 6) is 0.170. The molecule has 0 radical (unpaired) electrons. The van der Waals surface area contributed by atoms with E-state index in [1.807, 2.05) is 30.3 Å². The lowest BCUT2D eigenvalue weighted by molar-refractivity contribution is -0.121. The van der Waals surface area contributed by atoms with Gasteiger partial charge in [-0.25, -0.2) is 9.97 Å². The largest absolute Gasteiger partial charge is 0.354 e. The lowest BCUT2D eigenvalue weighted by atomic mass is 10.0. The predicted molar refractivity (Wildman–Crippen MR) is 126 cm³/mol. The standard InChI is InChI=1S/C25H24N6O3/c32-21(26-14-15-29-25-27-12-6-13-28-25)11-5-16-30-22-17-7-1-2-8-18(17)24(34)31(22)20-10-4-3-9-19(20)23(30)33/h1-4,6-10,12-13,22H,5,11,14-16H2,(H,26,32)(H,27,28,29). The van der Waals surface area contributed by atoms with Gasteiger partial charge in [-0.15, -0.1) is 0 Å². The van der Waals surface area contributed by atoms with Gasteiger partial charge in [0.2, 0.25) is 11.9 Å². The Morgan fingerprint density at radius 3 is 2.44 bits per heavy atom. The molecule has 3 heterocycles. The van der Waals surface area contributed by atoms with Gasteiger partial charge in [-0.1, -0.05) is 30.3 Å². The van der Waals surface area contributed by atoms with Crippen LogP contribution in [0.25, 0.3) is 0 Å². The van der Waals surface area contributed by atoms with E-state index >= 15 is 0 Å². The molecule has 0 saturated heterocycles. The van der Waals surface area contributed by atoms with Crippen LogP contribution in [0.2, 0.25) is 0 Å². The second-order valence-corrected chi connectivity index (χ2v) is 8.10. The van der Waals surface area contributed by atoms with E-state index in [4.69, 9.17) is 0 Å². The van der Waals surface area contributed by atoms with E-state index in [9.17, 15) is 14.4 Å². The summed E-state index contributed by atoms with van der Waals surface area (Å²) in [6, 6.07) is 16.3. The number of benzene rings is 2. The van der Waals surface area contributed by atoms with Gasteiger partial charge in [-0.3, -0.25) is 19.3 Å². The third-order valence-corrected chi connectivity index (χ3v) is 5.98. The molecule has 0 bridgehead atoms. The van der Waals surface area contributed by atoms with Gasteiger partial charge in [-0.2, -0.15) is 0 Å². The number of carbonyl (C=O) groups is 3. The summed E-state index contributed by atoms with van der Waals surface area (Å²) < 4.78 is 0. The van der Waals surface area contributed by atoms with Gasteiger partial charge in [-0.05, 0) is 30.7 Å². The Bertz CT molecular complexity index is 1230. The Morgan fingerprint density at radius 1 is 0.882 bits per heavy atom. The first-order valence-corrected chi connectivity index (χ1v) is 11.3. The SMILES string of the molecule is O=C(CCCN1C(=O)c2ccccc2N2C(=O)c3ccccc3C12)NCCNc1ncccn1. The molecule has 9 heteroatoms. The summed E-state index contributed by atoms with van der Waals surface area (Å²) in [7, 11) is 0. The van der Waals surface area contributed by atoms with Crippen molar-refractivity contribution in [2.75, 3.05) is 29.9 Å². The second-order valence-electron chi connectivity index (χ2n) is 8.10. The van der Waals surface area contributed by atoms with E-state index in [0.29, 0.717) is 48.8 Å². The highest BCUT2D eigenvalue weighted by molar-refractivity contribution is 6.16. The normalized spacial score (nSPS) is 16.1. The maximum absolute atomic E-state index is 13.4. The van der Waals surface area contributed by atoms with E-state index in [0.717, 1.165) is 5.56 Å². The van der Waals surface area contributed by atoms with Crippen molar-refractivity contribution < 1.29 is 14.4 Å². The van der Waals surface area contributed by atoms with Gasteiger partial charge < -0.3 is 15.5 Å². The number of amides is 3. The summed E-state index contributed by atoms with van der Waals surface area (Å²) >= 11 is 0. The highest BCUT2D eigenvalue weighted by Crippen LogP contribution is 2.45. The van der Waals surface area contributed by atoms with Crippen molar-refractivity contribution >= 4 is 29.4 Å². The zero-order chi connectivity index (χ0) is 23.5. The first-order valence-electron chi connectivity index (χ1n) is 11.3. The number of fused-ring (bicyclic) bond motifs is 5. The van der Waals surface area contributed by atoms with E-state index in [1.54, 1.807) is 46.5 Å². The molecule has 2 aromatic carbocycles. The van der Waals surface area contributed by atoms with Crippen LogP contribution < -0.4 is 15.5 Å². The molecule has 3 aromatic rings. The first-order chi connectivity index (χ1) is 16.6. The zero-order valence-electron chi connectivity index (χ0n) is 18.5. The summed E-state index contributed by atoms with van der Waals surface area (Å²) in [4.78, 5) is 50.4. The molecule has 3 amide bonds. The molecule has 2 aliphatic rings. The van der Waals surface area contributed by atoms with Crippen molar-refractivity contribution in [1.29, 1.82) is 0 Å². The monoisotopic (exact) mass is 456 g/mol. The molecule has 2 aliphatic heterocycles. The Hall–Kier alpha value is -4.27. The highest BCUT2D eigenvalue weighted by atomic mass is 16.2. The molecule has 1 aromatic heterocycles. The number of carbonyl (C=O) groups excluding carboxylic acids is 3. The summed E-state index contributed by atoms with van der Waals surface area (Å²) in [5, 5.41) is 5.90. The number of nitrogens with zero attached hydrogens (tertiary/aromatic N) is 4. The first kappa shape index (κ1) is 21.6. The zero-order valence-corrected chi connectivity index (χ0v) is 18.5. The summed E-state index contributed by atoms with van der Waals surface area (Å²) in [6.45, 7) is 1.30. The molecule has 0 saturated carbocycles. The fourth-order valence-corrected chi connectivity index (χ4v) is 4.46. The van der Waals surface area contributed by atoms with Gasteiger partial charge in [0.1, 0.15) is 6.17 Å². The number of nitrogens with one attached hydrogen (secondary N) is 2. The third kappa shape index (κ3) is 3.96. The number of hydrogen-bond acceptors (Lipinski definition) is 6. The molecule has 2 N–H and O–H groups in total. The molecular weight excluding hydrogens is 432 g/mol. The van der Waals surface area contributed by atoms with Crippen LogP contribution in [0.4, 0.5) is 11.6 Å². The van der Waals surface area contributed by atoms with Crippen LogP contribution in [-0.4, -0.2) is 52.2 Å². The third-order valence-electron chi connectivity index (χ3n) is 5.98. The van der Waals surface area contributed by atoms with Crippen LogP contribution in [0.15, 0.2) is 67.0 Å². The van der Waals surface area contributed by atoms with Crippen molar-refractivity contribution in [2.45, 2.75) is 19.0 Å². The van der Waals surface area contributed by atoms with Gasteiger partial charge in [0.25, 0.3) is 11.8 Å². The van der Waals surface area contributed by atoms with E-state index in [2.05, 4.69) is 20.6 Å². The van der Waals surface area contributed by atoms with Crippen molar-refractivity contribution in [1.82, 2.24) is 20.2 Å². The lowest BCUT2D eigenvalue weighted by Crippen LogP contribution is -2.48. The molecule has 0 aliphatic carbocycles. The number of anilines is 2. The van der Waals surface area contributed by atoms with Gasteiger partial charge >= 0.3 is 0 Å². The molecule has 5 rings (SSSR count). The topological polar surface area (TPSA) is 108 Å². The van der Waals surface area contributed by atoms with E-state index in [1.165, 1.54) is 0 Å². The average molecular weight is 457 g/mol. The maximum atomic E-state index is 13.4. The second kappa shape index (κ2) is 9.30. The van der Waals surface area contributed by atoms with Crippen LogP contribution in [-0.2, 0) is 4.79 Å². The van der Waals surface area contributed by atoms with Crippen LogP contribution in [0.3, 0.4) is 0 Å². The Balaban J connectivity index is 1.22. The van der Waals surface area contributed by atoms with Crippen LogP contribution in [0.5, 0.6) is 0 Å². The molecule has 0 fully saturated rings. The minimum atomic E-state index is -0.496. The number of aromatic nitrogens is 2. The van der Waals surface area contributed by atoms with Gasteiger partial charge in [0.15, 0.2) is 0 Å². The number of hydrogen-bond donors (Lipinski definition) is 2. The Labute approximate surface area is 196 Å². The quantitative estimate of drug-likeness (QED) is 0.505. The smallest absolute Gasteiger partial charge is 0.260 e. The predicted octanol–water partition coefficient (Wildman–Crippen LogP) is 2.60. The van der Waals surface area contributed by atoms with Crippen molar-refractivity contribution in [2.24, 2.45) is 0 Å². The molecular formula is C25H24N6O3. The molecule has 9 nitrogen and oxygen atoms in total. The number of para-hydroxylation sites is 1. The summed E-state index contributed by atoms with van der Waals surface area (Å²) in [6.07, 6.45) is 3.55. The van der Waals surface area contributed by atoms with Gasteiger partial charge in [0, 0.05) is 49.6 Å². The minimum absolute atomic E-state index is 0.0969. The average Bonchev–Trinajstić information content (AvgIpc) is 3.17. The van der Waals surface area contributed by atoms with Gasteiger partial charge in [0.05, 0.1) is 11.3 Å². The fourth-order valence-electron chi connectivity index (χ4n) is 4.46. The van der Waals surface area contributed by atoms with Crippen molar-refractivity contribution in [3.8, 4) is 0 Å². The Morgan fingerprint density at radius 2 is 1.62 bits per heavy atom. The molecule has 0 spiro atoms. The maximum Gasteiger partial charge on any atom is 0.260 e. The minimum Gasteiger partial charge on any atom is -0.354 e. The van der Waals surface area contributed by atoms with Crippen molar-refractivity contribution in [3.63, 3.8) is 0 Å². The van der Waals surface area contributed by atoms with Crippen LogP contribution in [0.1, 0.15) is 45.3 Å². The molecule has 1 unspecified atom stereocenters. The van der Waals surface area contributed by atoms with Crippen LogP contribution >= 0.6 is 0 Å². The molecule has 172 valence electrons. The Kier molecular flexibility index (Phi) is 5.90. The molecule has 34 heavy (non-hydrogen) atoms. The lowest BCUT2D eigenvalue weighted by Gasteiger charge is -2.41. The molecule has 1 atom stereocenters.